The fourth-order valence-corrected chi connectivity index (χ4v) is 5.80. The van der Waals surface area contributed by atoms with Crippen molar-refractivity contribution in [2.45, 2.75) is 55.3 Å². The summed E-state index contributed by atoms with van der Waals surface area (Å²) in [5.74, 6) is -1.69. The number of amides is 5. The van der Waals surface area contributed by atoms with E-state index in [1.165, 1.54) is 0 Å². The summed E-state index contributed by atoms with van der Waals surface area (Å²) in [6.45, 7) is 6.73. The monoisotopic (exact) mass is 4130 g/mol. The minimum atomic E-state index is -0.786. The Bertz CT molecular complexity index is 967. The number of urea groups is 1. The smallest absolute Gasteiger partial charge is 0.249 e. The molecular weight excluding hydrogens is 4100 g/mol. The van der Waals surface area contributed by atoms with Crippen LogP contribution in [0.3, 0.4) is 0 Å². The fourth-order valence-electron chi connectivity index (χ4n) is 4.14. The summed E-state index contributed by atoms with van der Waals surface area (Å²) >= 11 is 1.68. The van der Waals surface area contributed by atoms with Crippen LogP contribution in [0.1, 0.15) is 38.7 Å². The Labute approximate surface area is 1500 Å². The normalized spacial score (nSPS) is 11.2. The molecule has 0 aliphatic carbocycles. The van der Waals surface area contributed by atoms with Crippen molar-refractivity contribution in [2.24, 2.45) is 0 Å². The number of hydrogen-bond donors (Lipinski definition) is 1. The standard InChI is InChI=1S/C21H26N4O4S.4CH3.41Y/c1-12-21(2,3)30-19-16(18(28)25(12)19)23-17(27)14(13-7-5-4-6-8-13)11-15(26)24-10-9-22-20(24)29;;;;;;;;;;;;;;;;;;;;;;;;;;;;;;;;;;;;;;;;;;;;;/h4-8,12,14,16,19H,9-11H2,1-3H3,(H2,22,23,27,29);4*1H3;;;;;;;;;;;;;;;;;;;;;;;;;;;;;;;;;;;;;;;;;/q;4*-1;;;;;;;;;;;;;;;;;;;;;;;;;;;;;;;;;;;;;;;;;/p-1. The van der Waals surface area contributed by atoms with Crippen molar-refractivity contribution >= 4 is 35.5 Å². The first-order valence-electron chi connectivity index (χ1n) is 10.1. The molecule has 3 fully saturated rings. The van der Waals surface area contributed by atoms with Crippen molar-refractivity contribution in [1.82, 2.24) is 15.1 Å². The van der Waals surface area contributed by atoms with Crippen molar-refractivity contribution in [3.63, 3.8) is 0 Å². The second kappa shape index (κ2) is 182. The number of nitrogens with one attached hydrogen (secondary N) is 1. The average molecular weight is 4130 g/mol. The Morgan fingerprint density at radius 3 is 1.07 bits per heavy atom. The second-order valence-corrected chi connectivity index (χ2v) is 10.2. The van der Waals surface area contributed by atoms with E-state index in [-0.39, 0.29) is 1420 Å². The van der Waals surface area contributed by atoms with Crippen molar-refractivity contribution in [1.29, 1.82) is 0 Å². The molecule has 4 atom stereocenters. The Balaban J connectivity index is -0.00000000605. The van der Waals surface area contributed by atoms with Crippen LogP contribution in [0, 0.1) is 29.7 Å². The first-order valence-corrected chi connectivity index (χ1v) is 11.0. The van der Waals surface area contributed by atoms with Gasteiger partial charge in [0, 0.05) is 1360 Å². The quantitative estimate of drug-likeness (QED) is 0.358. The first-order chi connectivity index (χ1) is 14.2. The molecule has 75 heavy (non-hydrogen) atoms. The van der Waals surface area contributed by atoms with Gasteiger partial charge in [-0.05, 0) is 39.4 Å². The second-order valence-electron chi connectivity index (χ2n) is 8.40. The van der Waals surface area contributed by atoms with E-state index in [2.05, 4.69) is 24.5 Å². The molecule has 3 heterocycles. The molecule has 4 unspecified atom stereocenters. The van der Waals surface area contributed by atoms with Crippen LogP contribution in [-0.4, -0.2) is 68.8 Å². The van der Waals surface area contributed by atoms with Crippen LogP contribution >= 0.6 is 11.8 Å². The maximum atomic E-state index is 13.2. The number of rotatable bonds is 5. The molecule has 4 rings (SSSR count). The van der Waals surface area contributed by atoms with Gasteiger partial charge in [-0.3, -0.25) is 19.2 Å². The number of imide groups is 1. The van der Waals surface area contributed by atoms with Gasteiger partial charge in [-0.1, -0.05) is 30.3 Å². The molecule has 3 aliphatic rings. The molecule has 0 aromatic heterocycles. The molecular formula is C25H37N4O4SY41-5. The molecule has 3 aliphatic heterocycles. The van der Waals surface area contributed by atoms with E-state index >= 15 is 0 Å². The number of nitrogens with zero attached hydrogens (tertiary/aromatic N) is 3. The summed E-state index contributed by atoms with van der Waals surface area (Å²) in [5, 5.41) is 6.49. The van der Waals surface area contributed by atoms with Gasteiger partial charge in [-0.25, -0.2) is 0 Å². The Morgan fingerprint density at radius 1 is 0.533 bits per heavy atom. The van der Waals surface area contributed by atoms with E-state index in [4.69, 9.17) is 0 Å². The van der Waals surface area contributed by atoms with E-state index < -0.39 is 23.9 Å². The molecule has 1 N–H and O–H groups in total. The van der Waals surface area contributed by atoms with Crippen molar-refractivity contribution in [3.8, 4) is 0 Å². The third-order valence-corrected chi connectivity index (χ3v) is 7.91. The molecule has 41 radical (unpaired) electrons. The third-order valence-electron chi connectivity index (χ3n) is 6.23. The molecule has 0 spiro atoms. The minimum Gasteiger partial charge on any atom is -0.430 e. The first kappa shape index (κ1) is 280. The predicted octanol–water partition coefficient (Wildman–Crippen LogP) is 3.76. The summed E-state index contributed by atoms with van der Waals surface area (Å²) < 4.78 is -0.0891. The van der Waals surface area contributed by atoms with Crippen LogP contribution in [0.2, 0.25) is 0 Å². The Morgan fingerprint density at radius 2 is 0.813 bits per heavy atom. The molecule has 50 heteroatoms. The van der Waals surface area contributed by atoms with Crippen molar-refractivity contribution < 1.29 is 1360 Å². The van der Waals surface area contributed by atoms with Gasteiger partial charge in [0.15, 0.2) is 11.9 Å². The fraction of sp³-hybridized carbons (Fsp3) is 0.440. The third kappa shape index (κ3) is 123. The average Bonchev–Trinajstić information content (AvgIpc) is 3.24. The molecule has 1 aromatic carbocycles. The summed E-state index contributed by atoms with van der Waals surface area (Å²) in [4.78, 5) is 53.2. The topological polar surface area (TPSA) is 101 Å². The Hall–Kier alpha value is 42.7. The number of thioether (sulfide) groups is 1. The zero-order valence-electron chi connectivity index (χ0n) is 44.9. The van der Waals surface area contributed by atoms with E-state index in [1.807, 2.05) is 17.9 Å². The minimum absolute atomic E-state index is 0. The van der Waals surface area contributed by atoms with Gasteiger partial charge in [-0.2, -0.15) is 0 Å². The summed E-state index contributed by atoms with van der Waals surface area (Å²) in [7, 11) is 0. The van der Waals surface area contributed by atoms with Gasteiger partial charge in [-0.15, -0.1) is 11.8 Å². The van der Waals surface area contributed by atoms with Gasteiger partial charge < -0.3 is 50.1 Å². The van der Waals surface area contributed by atoms with Gasteiger partial charge in [0.2, 0.25) is 11.8 Å². The van der Waals surface area contributed by atoms with E-state index in [0.717, 1.165) is 4.90 Å². The van der Waals surface area contributed by atoms with Gasteiger partial charge in [0.25, 0.3) is 0 Å². The summed E-state index contributed by atoms with van der Waals surface area (Å²) in [6, 6.07) is 7.90. The van der Waals surface area contributed by atoms with E-state index in [1.54, 1.807) is 36.0 Å². The molecule has 3 saturated heterocycles. The maximum absolute atomic E-state index is 13.2. The van der Waals surface area contributed by atoms with Crippen LogP contribution in [0.15, 0.2) is 30.3 Å². The summed E-state index contributed by atoms with van der Waals surface area (Å²) in [6.07, 6.45) is -0.151. The van der Waals surface area contributed by atoms with Crippen molar-refractivity contribution in [3.05, 3.63) is 70.9 Å². The van der Waals surface area contributed by atoms with Crippen LogP contribution in [0.4, 0.5) is 4.79 Å². The molecule has 8 nitrogen and oxygen atoms in total. The Kier molecular flexibility index (Phi) is 678. The molecule has 1 aromatic rings. The van der Waals surface area contributed by atoms with Gasteiger partial charge in [0.05, 0.1) is 5.92 Å². The maximum Gasteiger partial charge on any atom is 0.249 e. The largest absolute Gasteiger partial charge is 0.430 e. The number of β-lactam (4-membered cyclic amide) rings is 1. The summed E-state index contributed by atoms with van der Waals surface area (Å²) in [5.41, 5.74) is 0.670. The number of benzene rings is 1. The number of carbonyl (C=O) groups is 4. The molecule has 0 saturated carbocycles. The van der Waals surface area contributed by atoms with Gasteiger partial charge in [0.1, 0.15) is 11.4 Å². The van der Waals surface area contributed by atoms with Gasteiger partial charge >= 0.3 is 0 Å². The zero-order chi connectivity index (χ0) is 21.6. The van der Waals surface area contributed by atoms with Crippen LogP contribution < -0.4 is 5.32 Å². The number of fused-ring (bicyclic) bond motifs is 1. The molecule has 5 amide bonds. The van der Waals surface area contributed by atoms with E-state index in [9.17, 15) is 19.2 Å². The number of carbonyl (C=O) groups excluding carboxylic acids is 4. The van der Waals surface area contributed by atoms with Crippen LogP contribution in [-0.2, 0) is 1360 Å². The van der Waals surface area contributed by atoms with Crippen LogP contribution in [0.5, 0.6) is 0 Å². The SMILES string of the molecule is CC1N2C(=O)C(NC(=O)C(CC(=O)N3CC[N-]C3=O)c3ccccc3)C2SC1(C)C.[CH3-].[CH3-].[CH3-].[CH3-].[Y].[Y].[Y].[Y].[Y].[Y].[Y].[Y].[Y].[Y].[Y].[Y].[Y].[Y].[Y].[Y].[Y].[Y].[Y].[Y].[Y].[Y].[Y].[Y].[Y].[Y].[Y].[Y].[Y].[Y].[Y].[Y].[Y].[Y].[Y].[Y].[Y].[Y].[Y].[Y].[Y]. The van der Waals surface area contributed by atoms with Crippen molar-refractivity contribution in [2.75, 3.05) is 13.1 Å². The number of hydrogen-bond acceptors (Lipinski definition) is 5. The molecule has 0 bridgehead atoms. The van der Waals surface area contributed by atoms with Crippen LogP contribution in [0.25, 0.3) is 5.32 Å². The molecule has 315 valence electrons. The predicted molar refractivity (Wildman–Crippen MR) is 138 cm³/mol. The zero-order valence-corrected chi connectivity index (χ0v) is 162. The van der Waals surface area contributed by atoms with E-state index in [0.29, 0.717) is 5.56 Å².